The monoisotopic (exact) mass is 397 g/mol. The zero-order valence-corrected chi connectivity index (χ0v) is 15.3. The lowest BCUT2D eigenvalue weighted by Gasteiger charge is -2.06. The van der Waals surface area contributed by atoms with Crippen LogP contribution in [-0.4, -0.2) is 32.8 Å². The van der Waals surface area contributed by atoms with Gasteiger partial charge in [-0.2, -0.15) is 4.39 Å². The molecule has 3 aromatic rings. The van der Waals surface area contributed by atoms with Crippen LogP contribution in [0, 0.1) is 18.7 Å². The zero-order valence-electron chi connectivity index (χ0n) is 13.7. The minimum absolute atomic E-state index is 0.0184. The number of halogens is 2. The second kappa shape index (κ2) is 6.69. The van der Waals surface area contributed by atoms with E-state index < -0.39 is 32.6 Å². The molecule has 2 heterocycles. The summed E-state index contributed by atoms with van der Waals surface area (Å²) in [5, 5.41) is -0.343. The molecule has 0 bridgehead atoms. The summed E-state index contributed by atoms with van der Waals surface area (Å²) in [7, 11) is -5.87. The van der Waals surface area contributed by atoms with E-state index in [-0.39, 0.29) is 21.3 Å². The van der Waals surface area contributed by atoms with E-state index in [1.807, 2.05) is 0 Å². The maximum absolute atomic E-state index is 14.3. The van der Waals surface area contributed by atoms with Crippen molar-refractivity contribution in [1.82, 2.24) is 13.9 Å². The van der Waals surface area contributed by atoms with Crippen molar-refractivity contribution in [1.29, 1.82) is 0 Å². The predicted octanol–water partition coefficient (Wildman–Crippen LogP) is 2.51. The Morgan fingerprint density at radius 3 is 2.42 bits per heavy atom. The van der Waals surface area contributed by atoms with Gasteiger partial charge in [0.25, 0.3) is 10.0 Å². The molecule has 0 amide bonds. The first-order chi connectivity index (χ1) is 12.2. The Labute approximate surface area is 151 Å². The summed E-state index contributed by atoms with van der Waals surface area (Å²) in [6.07, 6.45) is 3.05. The molecular weight excluding hydrogens is 384 g/mol. The lowest BCUT2D eigenvalue weighted by atomic mass is 10.2. The lowest BCUT2D eigenvalue weighted by molar-refractivity contribution is 0.541. The largest absolute Gasteiger partial charge is 0.269 e. The van der Waals surface area contributed by atoms with E-state index in [9.17, 15) is 21.4 Å². The molecule has 136 valence electrons. The highest BCUT2D eigenvalue weighted by Gasteiger charge is 2.23. The molecule has 0 saturated heterocycles. The van der Waals surface area contributed by atoms with Crippen LogP contribution >= 0.6 is 0 Å². The number of aromatic nitrogens is 3. The van der Waals surface area contributed by atoms with E-state index in [1.165, 1.54) is 18.4 Å². The third-order valence-electron chi connectivity index (χ3n) is 3.56. The quantitative estimate of drug-likeness (QED) is 0.632. The Bertz CT molecular complexity index is 1110. The van der Waals surface area contributed by atoms with Crippen molar-refractivity contribution in [3.05, 3.63) is 60.1 Å². The van der Waals surface area contributed by atoms with Crippen LogP contribution in [0.25, 0.3) is 11.4 Å². The number of benzene rings is 1. The molecule has 0 N–H and O–H groups in total. The molecule has 0 aliphatic rings. The highest BCUT2D eigenvalue weighted by atomic mass is 32.2. The molecule has 0 fully saturated rings. The molecule has 6 nitrogen and oxygen atoms in total. The van der Waals surface area contributed by atoms with E-state index in [4.69, 9.17) is 0 Å². The Hall–Kier alpha value is -2.46. The van der Waals surface area contributed by atoms with Gasteiger partial charge in [-0.1, -0.05) is 17.7 Å². The second-order valence-corrected chi connectivity index (χ2v) is 8.58. The maximum atomic E-state index is 14.3. The third kappa shape index (κ3) is 3.29. The Morgan fingerprint density at radius 2 is 1.81 bits per heavy atom. The molecule has 2 aromatic heterocycles. The molecule has 1 unspecified atom stereocenters. The van der Waals surface area contributed by atoms with Crippen LogP contribution in [0.1, 0.15) is 5.56 Å². The van der Waals surface area contributed by atoms with Gasteiger partial charge in [0.1, 0.15) is 0 Å². The highest BCUT2D eigenvalue weighted by molar-refractivity contribution is 7.90. The van der Waals surface area contributed by atoms with Gasteiger partial charge in [0.05, 0.1) is 21.9 Å². The smallest absolute Gasteiger partial charge is 0.253 e. The molecule has 26 heavy (non-hydrogen) atoms. The van der Waals surface area contributed by atoms with E-state index in [1.54, 1.807) is 19.1 Å². The summed E-state index contributed by atoms with van der Waals surface area (Å²) < 4.78 is 65.0. The van der Waals surface area contributed by atoms with Crippen molar-refractivity contribution in [3.8, 4) is 11.4 Å². The van der Waals surface area contributed by atoms with Gasteiger partial charge >= 0.3 is 0 Å². The maximum Gasteiger partial charge on any atom is 0.269 e. The fraction of sp³-hybridized carbons (Fsp3) is 0.125. The first kappa shape index (κ1) is 18.3. The van der Waals surface area contributed by atoms with E-state index >= 15 is 0 Å². The van der Waals surface area contributed by atoms with E-state index in [2.05, 4.69) is 9.97 Å². The SMILES string of the molecule is Cc1ccc(S(=O)(=O)n2cc(-c3ncc(F)c(S(C)=O)n3)cc2F)cc1. The normalized spacial score (nSPS) is 12.9. The summed E-state index contributed by atoms with van der Waals surface area (Å²) in [4.78, 5) is 7.44. The van der Waals surface area contributed by atoms with Crippen molar-refractivity contribution in [2.75, 3.05) is 6.26 Å². The van der Waals surface area contributed by atoms with Crippen molar-refractivity contribution in [2.45, 2.75) is 16.8 Å². The van der Waals surface area contributed by atoms with Crippen LogP contribution in [0.3, 0.4) is 0 Å². The fourth-order valence-electron chi connectivity index (χ4n) is 2.24. The summed E-state index contributed by atoms with van der Waals surface area (Å²) in [5.74, 6) is -2.04. The van der Waals surface area contributed by atoms with Crippen molar-refractivity contribution < 1.29 is 21.4 Å². The van der Waals surface area contributed by atoms with Crippen molar-refractivity contribution in [2.24, 2.45) is 0 Å². The second-order valence-electron chi connectivity index (χ2n) is 5.47. The van der Waals surface area contributed by atoms with Crippen LogP contribution in [0.4, 0.5) is 8.78 Å². The fourth-order valence-corrected chi connectivity index (χ4v) is 4.02. The van der Waals surface area contributed by atoms with E-state index in [0.29, 0.717) is 3.97 Å². The minimum atomic E-state index is -4.16. The molecule has 0 aliphatic carbocycles. The van der Waals surface area contributed by atoms with Gasteiger partial charge in [-0.05, 0) is 19.1 Å². The lowest BCUT2D eigenvalue weighted by Crippen LogP contribution is -2.13. The topological polar surface area (TPSA) is 81.9 Å². The zero-order chi connectivity index (χ0) is 19.1. The Kier molecular flexibility index (Phi) is 4.72. The van der Waals surface area contributed by atoms with Gasteiger partial charge in [0.15, 0.2) is 16.7 Å². The molecule has 1 aromatic carbocycles. The average Bonchev–Trinajstić information content (AvgIpc) is 2.98. The van der Waals surface area contributed by atoms with Gasteiger partial charge in [0.2, 0.25) is 5.95 Å². The van der Waals surface area contributed by atoms with Crippen LogP contribution in [-0.2, 0) is 20.8 Å². The molecule has 0 saturated carbocycles. The average molecular weight is 397 g/mol. The number of hydrogen-bond donors (Lipinski definition) is 0. The van der Waals surface area contributed by atoms with Crippen molar-refractivity contribution in [3.63, 3.8) is 0 Å². The molecule has 0 aliphatic heterocycles. The number of rotatable bonds is 4. The molecule has 10 heteroatoms. The Balaban J connectivity index is 2.09. The predicted molar refractivity (Wildman–Crippen MR) is 91.5 cm³/mol. The molecule has 0 spiro atoms. The minimum Gasteiger partial charge on any atom is -0.253 e. The summed E-state index contributed by atoms with van der Waals surface area (Å²) in [5.41, 5.74) is 0.877. The van der Waals surface area contributed by atoms with Crippen LogP contribution < -0.4 is 0 Å². The van der Waals surface area contributed by atoms with Crippen LogP contribution in [0.2, 0.25) is 0 Å². The molecule has 0 radical (unpaired) electrons. The first-order valence-electron chi connectivity index (χ1n) is 7.26. The number of aryl methyl sites for hydroxylation is 1. The molecule has 1 atom stereocenters. The summed E-state index contributed by atoms with van der Waals surface area (Å²) in [6, 6.07) is 6.86. The van der Waals surface area contributed by atoms with Crippen molar-refractivity contribution >= 4 is 20.8 Å². The van der Waals surface area contributed by atoms with Crippen LogP contribution in [0.15, 0.2) is 52.6 Å². The van der Waals surface area contributed by atoms with Gasteiger partial charge in [-0.3, -0.25) is 4.21 Å². The highest BCUT2D eigenvalue weighted by Crippen LogP contribution is 2.24. The van der Waals surface area contributed by atoms with Gasteiger partial charge in [-0.15, -0.1) is 0 Å². The summed E-state index contributed by atoms with van der Waals surface area (Å²) in [6.45, 7) is 1.80. The number of nitrogens with zero attached hydrogens (tertiary/aromatic N) is 3. The summed E-state index contributed by atoms with van der Waals surface area (Å²) >= 11 is 0. The van der Waals surface area contributed by atoms with E-state index in [0.717, 1.165) is 24.0 Å². The third-order valence-corrected chi connectivity index (χ3v) is 6.06. The molecule has 3 rings (SSSR count). The Morgan fingerprint density at radius 1 is 1.15 bits per heavy atom. The first-order valence-corrected chi connectivity index (χ1v) is 10.3. The van der Waals surface area contributed by atoms with Gasteiger partial charge in [0, 0.05) is 24.1 Å². The van der Waals surface area contributed by atoms with Gasteiger partial charge in [-0.25, -0.2) is 26.7 Å². The van der Waals surface area contributed by atoms with Gasteiger partial charge < -0.3 is 0 Å². The number of hydrogen-bond acceptors (Lipinski definition) is 5. The van der Waals surface area contributed by atoms with Crippen LogP contribution in [0.5, 0.6) is 0 Å². The standard InChI is InChI=1S/C16H13F2N3O3S2/c1-10-3-5-12(6-4-10)26(23,24)21-9-11(7-14(21)18)15-19-8-13(17)16(20-15)25(2)22/h3-9H,1-2H3. The molecular formula is C16H13F2N3O3S2.